The highest BCUT2D eigenvalue weighted by Gasteiger charge is 2.09. The Morgan fingerprint density at radius 1 is 0.769 bits per heavy atom. The Morgan fingerprint density at radius 3 is 2.08 bits per heavy atom. The maximum atomic E-state index is 12.3. The van der Waals surface area contributed by atoms with Gasteiger partial charge >= 0.3 is 5.97 Å². The Morgan fingerprint density at radius 2 is 1.38 bits per heavy atom. The van der Waals surface area contributed by atoms with Crippen LogP contribution in [0, 0.1) is 0 Å². The van der Waals surface area contributed by atoms with Gasteiger partial charge < -0.3 is 4.74 Å². The second kappa shape index (κ2) is 8.28. The molecule has 0 aliphatic rings. The number of ether oxygens (including phenoxy) is 1. The summed E-state index contributed by atoms with van der Waals surface area (Å²) in [5.74, 6) is -0.238. The number of hydrogen-bond acceptors (Lipinski definition) is 3. The van der Waals surface area contributed by atoms with Crippen molar-refractivity contribution in [1.82, 2.24) is 0 Å². The predicted octanol–water partition coefficient (Wildman–Crippen LogP) is 5.19. The molecule has 0 N–H and O–H groups in total. The van der Waals surface area contributed by atoms with Crippen LogP contribution in [0.2, 0.25) is 5.02 Å². The van der Waals surface area contributed by atoms with E-state index < -0.39 is 5.97 Å². The van der Waals surface area contributed by atoms with Gasteiger partial charge in [-0.25, -0.2) is 4.79 Å². The van der Waals surface area contributed by atoms with Crippen LogP contribution in [0.4, 0.5) is 0 Å². The van der Waals surface area contributed by atoms with E-state index in [1.165, 1.54) is 6.08 Å². The minimum absolute atomic E-state index is 0.0814. The van der Waals surface area contributed by atoms with Crippen molar-refractivity contribution in [2.75, 3.05) is 0 Å². The van der Waals surface area contributed by atoms with E-state index in [0.29, 0.717) is 21.9 Å². The molecule has 0 fully saturated rings. The number of esters is 1. The lowest BCUT2D eigenvalue weighted by atomic mass is 10.0. The van der Waals surface area contributed by atoms with Crippen LogP contribution in [-0.4, -0.2) is 11.8 Å². The van der Waals surface area contributed by atoms with Crippen LogP contribution < -0.4 is 4.74 Å². The summed E-state index contributed by atoms with van der Waals surface area (Å²) in [4.78, 5) is 24.3. The molecule has 0 unspecified atom stereocenters. The van der Waals surface area contributed by atoms with Crippen molar-refractivity contribution < 1.29 is 14.3 Å². The summed E-state index contributed by atoms with van der Waals surface area (Å²) in [6.07, 6.45) is 2.90. The Hall–Kier alpha value is -3.17. The SMILES string of the molecule is O=C(/C=C/c1ccccc1Cl)Oc1ccc(C(=O)c2ccccc2)cc1. The second-order valence-electron chi connectivity index (χ2n) is 5.50. The summed E-state index contributed by atoms with van der Waals surface area (Å²) in [5, 5.41) is 0.556. The normalized spacial score (nSPS) is 10.7. The van der Waals surface area contributed by atoms with Crippen LogP contribution in [0.3, 0.4) is 0 Å². The Bertz CT molecular complexity index is 945. The highest BCUT2D eigenvalue weighted by molar-refractivity contribution is 6.32. The average molecular weight is 363 g/mol. The molecule has 128 valence electrons. The molecule has 3 nitrogen and oxygen atoms in total. The smallest absolute Gasteiger partial charge is 0.336 e. The molecule has 0 aromatic heterocycles. The van der Waals surface area contributed by atoms with Crippen LogP contribution >= 0.6 is 11.6 Å². The van der Waals surface area contributed by atoms with E-state index in [1.807, 2.05) is 30.3 Å². The van der Waals surface area contributed by atoms with Crippen LogP contribution in [0.15, 0.2) is 84.9 Å². The molecule has 0 amide bonds. The molecule has 4 heteroatoms. The molecule has 0 radical (unpaired) electrons. The van der Waals surface area contributed by atoms with Crippen molar-refractivity contribution in [3.8, 4) is 5.75 Å². The van der Waals surface area contributed by atoms with Gasteiger partial charge in [0.15, 0.2) is 5.78 Å². The van der Waals surface area contributed by atoms with Gasteiger partial charge in [0.1, 0.15) is 5.75 Å². The monoisotopic (exact) mass is 362 g/mol. The van der Waals surface area contributed by atoms with Crippen molar-refractivity contribution in [1.29, 1.82) is 0 Å². The van der Waals surface area contributed by atoms with E-state index in [-0.39, 0.29) is 5.78 Å². The molecule has 0 aliphatic heterocycles. The van der Waals surface area contributed by atoms with Gasteiger partial charge in [-0.05, 0) is 42.0 Å². The number of benzene rings is 3. The first-order valence-electron chi connectivity index (χ1n) is 7.98. The molecule has 3 rings (SSSR count). The van der Waals surface area contributed by atoms with E-state index in [2.05, 4.69) is 0 Å². The molecular formula is C22H15ClO3. The van der Waals surface area contributed by atoms with Crippen molar-refractivity contribution in [3.05, 3.63) is 107 Å². The number of halogens is 1. The third kappa shape index (κ3) is 4.47. The average Bonchev–Trinajstić information content (AvgIpc) is 2.68. The zero-order valence-electron chi connectivity index (χ0n) is 13.8. The standard InChI is InChI=1S/C22H15ClO3/c23-20-9-5-4-6-16(20)12-15-21(24)26-19-13-10-18(11-14-19)22(25)17-7-2-1-3-8-17/h1-15H/b15-12+. The van der Waals surface area contributed by atoms with E-state index in [0.717, 1.165) is 5.56 Å². The van der Waals surface area contributed by atoms with Gasteiger partial charge in [-0.1, -0.05) is 60.1 Å². The zero-order chi connectivity index (χ0) is 18.4. The zero-order valence-corrected chi connectivity index (χ0v) is 14.5. The number of ketones is 1. The lowest BCUT2D eigenvalue weighted by Crippen LogP contribution is -2.05. The molecule has 0 saturated heterocycles. The number of carbonyl (C=O) groups is 2. The molecule has 0 spiro atoms. The summed E-state index contributed by atoms with van der Waals surface area (Å²) in [5.41, 5.74) is 1.87. The van der Waals surface area contributed by atoms with Gasteiger partial charge in [0.2, 0.25) is 0 Å². The fraction of sp³-hybridized carbons (Fsp3) is 0. The maximum absolute atomic E-state index is 12.3. The van der Waals surface area contributed by atoms with Gasteiger partial charge in [0.25, 0.3) is 0 Å². The number of carbonyl (C=O) groups excluding carboxylic acids is 2. The molecule has 3 aromatic carbocycles. The predicted molar refractivity (Wildman–Crippen MR) is 102 cm³/mol. The van der Waals surface area contributed by atoms with Crippen molar-refractivity contribution in [3.63, 3.8) is 0 Å². The van der Waals surface area contributed by atoms with E-state index >= 15 is 0 Å². The van der Waals surface area contributed by atoms with Gasteiger partial charge in [0.05, 0.1) is 0 Å². The molecule has 0 bridgehead atoms. The van der Waals surface area contributed by atoms with Crippen molar-refractivity contribution in [2.24, 2.45) is 0 Å². The van der Waals surface area contributed by atoms with Gasteiger partial charge in [0, 0.05) is 22.2 Å². The van der Waals surface area contributed by atoms with Gasteiger partial charge in [-0.15, -0.1) is 0 Å². The Kier molecular flexibility index (Phi) is 5.62. The van der Waals surface area contributed by atoms with E-state index in [1.54, 1.807) is 54.6 Å². The highest BCUT2D eigenvalue weighted by atomic mass is 35.5. The van der Waals surface area contributed by atoms with E-state index in [4.69, 9.17) is 16.3 Å². The summed E-state index contributed by atoms with van der Waals surface area (Å²) in [6.45, 7) is 0. The van der Waals surface area contributed by atoms with Gasteiger partial charge in [-0.3, -0.25) is 4.79 Å². The Labute approximate surface area is 156 Å². The van der Waals surface area contributed by atoms with Crippen molar-refractivity contribution >= 4 is 29.4 Å². The molecule has 3 aromatic rings. The fourth-order valence-electron chi connectivity index (χ4n) is 2.35. The summed E-state index contributed by atoms with van der Waals surface area (Å²) in [7, 11) is 0. The quantitative estimate of drug-likeness (QED) is 0.271. The number of rotatable bonds is 5. The second-order valence-corrected chi connectivity index (χ2v) is 5.90. The van der Waals surface area contributed by atoms with Gasteiger partial charge in [-0.2, -0.15) is 0 Å². The highest BCUT2D eigenvalue weighted by Crippen LogP contribution is 2.18. The molecule has 0 aliphatic carbocycles. The first-order valence-corrected chi connectivity index (χ1v) is 8.35. The molecule has 0 heterocycles. The molecule has 26 heavy (non-hydrogen) atoms. The maximum Gasteiger partial charge on any atom is 0.336 e. The summed E-state index contributed by atoms with van der Waals surface area (Å²) < 4.78 is 5.24. The first-order chi connectivity index (χ1) is 12.6. The number of hydrogen-bond donors (Lipinski definition) is 0. The third-order valence-corrected chi connectivity index (χ3v) is 4.02. The van der Waals surface area contributed by atoms with Crippen LogP contribution in [-0.2, 0) is 4.79 Å². The lowest BCUT2D eigenvalue weighted by molar-refractivity contribution is -0.128. The third-order valence-electron chi connectivity index (χ3n) is 3.68. The lowest BCUT2D eigenvalue weighted by Gasteiger charge is -2.04. The molecule has 0 atom stereocenters. The minimum atomic E-state index is -0.521. The fourth-order valence-corrected chi connectivity index (χ4v) is 2.55. The summed E-state index contributed by atoms with van der Waals surface area (Å²) in [6, 6.07) is 22.7. The first kappa shape index (κ1) is 17.6. The van der Waals surface area contributed by atoms with Crippen molar-refractivity contribution in [2.45, 2.75) is 0 Å². The Balaban J connectivity index is 1.65. The summed E-state index contributed by atoms with van der Waals surface area (Å²) >= 11 is 6.03. The minimum Gasteiger partial charge on any atom is -0.423 e. The molecule has 0 saturated carbocycles. The van der Waals surface area contributed by atoms with Crippen LogP contribution in [0.5, 0.6) is 5.75 Å². The van der Waals surface area contributed by atoms with Crippen LogP contribution in [0.1, 0.15) is 21.5 Å². The van der Waals surface area contributed by atoms with E-state index in [9.17, 15) is 9.59 Å². The molecular weight excluding hydrogens is 348 g/mol. The van der Waals surface area contributed by atoms with Crippen LogP contribution in [0.25, 0.3) is 6.08 Å². The largest absolute Gasteiger partial charge is 0.423 e. The topological polar surface area (TPSA) is 43.4 Å².